The minimum Gasteiger partial charge on any atom is -0.497 e. The predicted molar refractivity (Wildman–Crippen MR) is 119 cm³/mol. The van der Waals surface area contributed by atoms with Gasteiger partial charge in [0.25, 0.3) is 11.5 Å². The van der Waals surface area contributed by atoms with E-state index in [1.54, 1.807) is 11.7 Å². The summed E-state index contributed by atoms with van der Waals surface area (Å²) in [6, 6.07) is 7.84. The molecule has 1 aliphatic rings. The third-order valence-electron chi connectivity index (χ3n) is 5.68. The van der Waals surface area contributed by atoms with E-state index in [1.165, 1.54) is 11.3 Å². The second-order valence-electron chi connectivity index (χ2n) is 7.79. The molecule has 0 fully saturated rings. The van der Waals surface area contributed by atoms with Gasteiger partial charge in [0, 0.05) is 19.5 Å². The van der Waals surface area contributed by atoms with Gasteiger partial charge in [-0.15, -0.1) is 11.3 Å². The number of carbonyl (C=O) groups is 1. The van der Waals surface area contributed by atoms with Crippen molar-refractivity contribution < 1.29 is 9.53 Å². The molecular weight excluding hydrogens is 400 g/mol. The molecule has 1 N–H and O–H groups in total. The van der Waals surface area contributed by atoms with Gasteiger partial charge in [-0.2, -0.15) is 0 Å². The van der Waals surface area contributed by atoms with Crippen LogP contribution in [0.3, 0.4) is 0 Å². The summed E-state index contributed by atoms with van der Waals surface area (Å²) in [7, 11) is 5.60. The molecule has 0 bridgehead atoms. The van der Waals surface area contributed by atoms with E-state index in [4.69, 9.17) is 4.74 Å². The van der Waals surface area contributed by atoms with Crippen molar-refractivity contribution in [2.45, 2.75) is 32.4 Å². The summed E-state index contributed by atoms with van der Waals surface area (Å²) in [5.41, 5.74) is 1.75. The molecule has 1 unspecified atom stereocenters. The van der Waals surface area contributed by atoms with Crippen molar-refractivity contribution in [3.63, 3.8) is 0 Å². The Labute approximate surface area is 179 Å². The van der Waals surface area contributed by atoms with Crippen molar-refractivity contribution in [3.8, 4) is 5.75 Å². The lowest BCUT2D eigenvalue weighted by molar-refractivity contribution is 0.0945. The number of rotatable bonds is 6. The fourth-order valence-corrected chi connectivity index (χ4v) is 5.12. The van der Waals surface area contributed by atoms with Crippen LogP contribution in [0.2, 0.25) is 0 Å². The molecule has 7 nitrogen and oxygen atoms in total. The Bertz CT molecular complexity index is 1170. The summed E-state index contributed by atoms with van der Waals surface area (Å²) in [5.74, 6) is 1.44. The number of methoxy groups -OCH3 is 1. The summed E-state index contributed by atoms with van der Waals surface area (Å²) in [6.45, 7) is 2.98. The highest BCUT2D eigenvalue weighted by Gasteiger charge is 2.24. The molecule has 1 atom stereocenters. The molecule has 30 heavy (non-hydrogen) atoms. The van der Waals surface area contributed by atoms with Crippen molar-refractivity contribution in [1.29, 1.82) is 0 Å². The predicted octanol–water partition coefficient (Wildman–Crippen LogP) is 2.75. The van der Waals surface area contributed by atoms with E-state index in [1.807, 2.05) is 45.3 Å². The van der Waals surface area contributed by atoms with Crippen molar-refractivity contribution in [1.82, 2.24) is 19.8 Å². The molecule has 0 saturated carbocycles. The van der Waals surface area contributed by atoms with Gasteiger partial charge in [-0.05, 0) is 50.7 Å². The molecule has 2 aromatic heterocycles. The maximum atomic E-state index is 13.0. The first-order valence-corrected chi connectivity index (χ1v) is 10.8. The largest absolute Gasteiger partial charge is 0.497 e. The Kier molecular flexibility index (Phi) is 5.62. The number of likely N-dealkylation sites (N-methyl/N-ethyl adjacent to an activating group) is 1. The van der Waals surface area contributed by atoms with Crippen LogP contribution in [0, 0.1) is 6.92 Å². The SMILES string of the molecule is COc1cccc(C(CNC(=O)c2sc3nc4n(c(=O)c3c2C)CCC4)N(C)C)c1. The monoisotopic (exact) mass is 426 g/mol. The molecule has 1 aliphatic heterocycles. The molecule has 0 spiro atoms. The van der Waals surface area contributed by atoms with E-state index < -0.39 is 0 Å². The summed E-state index contributed by atoms with van der Waals surface area (Å²) in [6.07, 6.45) is 1.76. The van der Waals surface area contributed by atoms with E-state index in [2.05, 4.69) is 15.2 Å². The van der Waals surface area contributed by atoms with Crippen LogP contribution in [0.1, 0.15) is 39.1 Å². The molecular formula is C22H26N4O3S. The minimum absolute atomic E-state index is 0.00807. The number of fused-ring (bicyclic) bond motifs is 2. The number of thiophene rings is 1. The normalized spacial score (nSPS) is 14.2. The summed E-state index contributed by atoms with van der Waals surface area (Å²) in [5, 5.41) is 3.62. The zero-order valence-corrected chi connectivity index (χ0v) is 18.5. The number of nitrogens with one attached hydrogen (secondary N) is 1. The number of benzene rings is 1. The van der Waals surface area contributed by atoms with Crippen LogP contribution in [0.4, 0.5) is 0 Å². The van der Waals surface area contributed by atoms with Gasteiger partial charge in [-0.1, -0.05) is 12.1 Å². The van der Waals surface area contributed by atoms with E-state index in [0.29, 0.717) is 28.2 Å². The van der Waals surface area contributed by atoms with E-state index >= 15 is 0 Å². The van der Waals surface area contributed by atoms with Crippen molar-refractivity contribution >= 4 is 27.5 Å². The Morgan fingerprint density at radius 1 is 1.40 bits per heavy atom. The molecule has 3 aromatic rings. The van der Waals surface area contributed by atoms with Crippen molar-refractivity contribution in [2.75, 3.05) is 27.7 Å². The number of aromatic nitrogens is 2. The first kappa shape index (κ1) is 20.6. The Morgan fingerprint density at radius 2 is 2.20 bits per heavy atom. The third kappa shape index (κ3) is 3.61. The fraction of sp³-hybridized carbons (Fsp3) is 0.409. The summed E-state index contributed by atoms with van der Waals surface area (Å²) < 4.78 is 7.08. The quantitative estimate of drug-likeness (QED) is 0.656. The van der Waals surface area contributed by atoms with Gasteiger partial charge < -0.3 is 15.0 Å². The fourth-order valence-electron chi connectivity index (χ4n) is 4.01. The minimum atomic E-state index is -0.171. The average molecular weight is 427 g/mol. The molecule has 4 rings (SSSR count). The summed E-state index contributed by atoms with van der Waals surface area (Å²) >= 11 is 1.30. The number of hydrogen-bond acceptors (Lipinski definition) is 6. The second-order valence-corrected chi connectivity index (χ2v) is 8.79. The van der Waals surface area contributed by atoms with Crippen LogP contribution < -0.4 is 15.6 Å². The first-order chi connectivity index (χ1) is 14.4. The third-order valence-corrected chi connectivity index (χ3v) is 6.86. The van der Waals surface area contributed by atoms with Crippen LogP contribution in [0.15, 0.2) is 29.1 Å². The molecule has 8 heteroatoms. The molecule has 1 aromatic carbocycles. The highest BCUT2D eigenvalue weighted by molar-refractivity contribution is 7.20. The Balaban J connectivity index is 1.59. The van der Waals surface area contributed by atoms with Gasteiger partial charge in [0.1, 0.15) is 16.4 Å². The van der Waals surface area contributed by atoms with E-state index in [9.17, 15) is 9.59 Å². The Hall–Kier alpha value is -2.71. The molecule has 1 amide bonds. The van der Waals surface area contributed by atoms with Crippen LogP contribution in [-0.4, -0.2) is 48.1 Å². The van der Waals surface area contributed by atoms with Gasteiger partial charge in [-0.3, -0.25) is 14.2 Å². The van der Waals surface area contributed by atoms with Gasteiger partial charge in [0.2, 0.25) is 0 Å². The maximum Gasteiger partial charge on any atom is 0.262 e. The van der Waals surface area contributed by atoms with Crippen LogP contribution >= 0.6 is 11.3 Å². The number of nitrogens with zero attached hydrogens (tertiary/aromatic N) is 3. The number of amides is 1. The van der Waals surface area contributed by atoms with Gasteiger partial charge in [-0.25, -0.2) is 4.98 Å². The van der Waals surface area contributed by atoms with Crippen molar-refractivity contribution in [2.24, 2.45) is 0 Å². The van der Waals surface area contributed by atoms with Crippen LogP contribution in [0.5, 0.6) is 5.75 Å². The smallest absolute Gasteiger partial charge is 0.262 e. The zero-order chi connectivity index (χ0) is 21.4. The van der Waals surface area contributed by atoms with Crippen LogP contribution in [-0.2, 0) is 13.0 Å². The second kappa shape index (κ2) is 8.20. The van der Waals surface area contributed by atoms with E-state index in [0.717, 1.165) is 35.5 Å². The number of ether oxygens (including phenoxy) is 1. The molecule has 0 radical (unpaired) electrons. The topological polar surface area (TPSA) is 76.5 Å². The van der Waals surface area contributed by atoms with E-state index in [-0.39, 0.29) is 17.5 Å². The first-order valence-electron chi connectivity index (χ1n) is 10.0. The standard InChI is InChI=1S/C22H26N4O3S/c1-13-18-21(24-17-9-6-10-26(17)22(18)28)30-19(13)20(27)23-12-16(25(2)3)14-7-5-8-15(11-14)29-4/h5,7-8,11,16H,6,9-10,12H2,1-4H3,(H,23,27). The lowest BCUT2D eigenvalue weighted by Crippen LogP contribution is -2.34. The number of aryl methyl sites for hydroxylation is 2. The van der Waals surface area contributed by atoms with Crippen molar-refractivity contribution in [3.05, 3.63) is 56.4 Å². The Morgan fingerprint density at radius 3 is 2.93 bits per heavy atom. The highest BCUT2D eigenvalue weighted by atomic mass is 32.1. The maximum absolute atomic E-state index is 13.0. The van der Waals surface area contributed by atoms with Crippen LogP contribution in [0.25, 0.3) is 10.2 Å². The molecule has 0 saturated heterocycles. The zero-order valence-electron chi connectivity index (χ0n) is 17.7. The van der Waals surface area contributed by atoms with Gasteiger partial charge in [0.15, 0.2) is 0 Å². The average Bonchev–Trinajstić information content (AvgIpc) is 3.33. The molecule has 3 heterocycles. The molecule has 158 valence electrons. The number of hydrogen-bond donors (Lipinski definition) is 1. The lowest BCUT2D eigenvalue weighted by atomic mass is 10.1. The van der Waals surface area contributed by atoms with Gasteiger partial charge in [0.05, 0.1) is 23.4 Å². The molecule has 0 aliphatic carbocycles. The highest BCUT2D eigenvalue weighted by Crippen LogP contribution is 2.29. The lowest BCUT2D eigenvalue weighted by Gasteiger charge is -2.25. The van der Waals surface area contributed by atoms with Gasteiger partial charge >= 0.3 is 0 Å². The number of carbonyl (C=O) groups excluding carboxylic acids is 1. The summed E-state index contributed by atoms with van der Waals surface area (Å²) in [4.78, 5) is 33.8.